The van der Waals surface area contributed by atoms with Crippen LogP contribution in [0, 0.1) is 11.6 Å². The lowest BCUT2D eigenvalue weighted by Crippen LogP contribution is -2.40. The van der Waals surface area contributed by atoms with Gasteiger partial charge < -0.3 is 14.5 Å². The first-order chi connectivity index (χ1) is 15.6. The highest BCUT2D eigenvalue weighted by molar-refractivity contribution is 6.76. The van der Waals surface area contributed by atoms with E-state index in [4.69, 9.17) is 14.3 Å². The summed E-state index contributed by atoms with van der Waals surface area (Å²) in [4.78, 5) is 0. The van der Waals surface area contributed by atoms with Crippen molar-refractivity contribution < 1.29 is 17.9 Å². The third kappa shape index (κ3) is 9.40. The van der Waals surface area contributed by atoms with Crippen molar-refractivity contribution in [2.24, 2.45) is 0 Å². The molecule has 0 fully saturated rings. The molecule has 0 aliphatic heterocycles. The first-order valence-electron chi connectivity index (χ1n) is 12.0. The molecule has 1 aromatic carbocycles. The molecule has 5 nitrogen and oxygen atoms in total. The number of aromatic nitrogens is 2. The van der Waals surface area contributed by atoms with Gasteiger partial charge in [-0.25, -0.2) is 13.5 Å². The fourth-order valence-corrected chi connectivity index (χ4v) is 7.29. The topological polar surface area (TPSA) is 48.3 Å². The molecule has 0 spiro atoms. The first kappa shape index (κ1) is 27.8. The van der Waals surface area contributed by atoms with E-state index < -0.39 is 28.0 Å². The molecule has 33 heavy (non-hydrogen) atoms. The molecule has 0 saturated carbocycles. The van der Waals surface area contributed by atoms with E-state index in [1.165, 1.54) is 12.1 Å². The van der Waals surface area contributed by atoms with Gasteiger partial charge in [-0.1, -0.05) is 40.4 Å². The molecule has 186 valence electrons. The highest BCUT2D eigenvalue weighted by Crippen LogP contribution is 2.29. The molecule has 0 radical (unpaired) electrons. The van der Waals surface area contributed by atoms with Gasteiger partial charge in [-0.05, 0) is 47.9 Å². The molecule has 0 aliphatic carbocycles. The van der Waals surface area contributed by atoms with Crippen molar-refractivity contribution >= 4 is 16.4 Å². The first-order valence-corrected chi connectivity index (χ1v) is 18.3. The van der Waals surface area contributed by atoms with Crippen LogP contribution < -0.4 is 5.32 Å². The van der Waals surface area contributed by atoms with E-state index in [0.29, 0.717) is 25.4 Å². The zero-order valence-corrected chi connectivity index (χ0v) is 23.1. The zero-order valence-electron chi connectivity index (χ0n) is 21.1. The molecule has 2 rings (SSSR count). The summed E-state index contributed by atoms with van der Waals surface area (Å²) < 4.78 is 41.4. The largest absolute Gasteiger partial charge is 0.407 e. The van der Waals surface area contributed by atoms with Crippen molar-refractivity contribution in [1.82, 2.24) is 15.1 Å². The van der Waals surface area contributed by atoms with E-state index in [0.717, 1.165) is 42.5 Å². The predicted molar refractivity (Wildman–Crippen MR) is 135 cm³/mol. The van der Waals surface area contributed by atoms with Gasteiger partial charge in [0.15, 0.2) is 8.32 Å². The van der Waals surface area contributed by atoms with Crippen molar-refractivity contribution in [3.05, 3.63) is 53.4 Å². The average molecular weight is 498 g/mol. The maximum absolute atomic E-state index is 13.5. The van der Waals surface area contributed by atoms with Crippen molar-refractivity contribution in [2.75, 3.05) is 13.2 Å². The standard InChI is InChI=1S/C24H41F2N3O2Si2/c1-7-33(8-2,9-3)31-24(18-27-17-20-14-21(25)16-22(26)15-20)23-10-11-29(28-23)19-30-12-13-32(4,5)6/h10-11,14-16,24,27H,7-9,12-13,17-19H2,1-6H3. The van der Waals surface area contributed by atoms with E-state index in [9.17, 15) is 8.78 Å². The van der Waals surface area contributed by atoms with Crippen LogP contribution in [0.4, 0.5) is 8.78 Å². The highest BCUT2D eigenvalue weighted by atomic mass is 28.4. The Hall–Kier alpha value is -1.40. The summed E-state index contributed by atoms with van der Waals surface area (Å²) in [7, 11) is -3.01. The van der Waals surface area contributed by atoms with Crippen molar-refractivity contribution in [3.8, 4) is 0 Å². The van der Waals surface area contributed by atoms with Gasteiger partial charge in [-0.15, -0.1) is 0 Å². The lowest BCUT2D eigenvalue weighted by molar-refractivity contribution is 0.0771. The molecule has 2 aromatic rings. The number of ether oxygens (including phenoxy) is 1. The molecule has 1 unspecified atom stereocenters. The Kier molecular flexibility index (Phi) is 10.9. The van der Waals surface area contributed by atoms with Crippen LogP contribution in [0.2, 0.25) is 43.8 Å². The molecule has 1 N–H and O–H groups in total. The number of hydrogen-bond acceptors (Lipinski definition) is 4. The Balaban J connectivity index is 2.06. The van der Waals surface area contributed by atoms with Crippen LogP contribution in [0.25, 0.3) is 0 Å². The minimum Gasteiger partial charge on any atom is -0.407 e. The van der Waals surface area contributed by atoms with E-state index in [-0.39, 0.29) is 6.10 Å². The van der Waals surface area contributed by atoms with Crippen molar-refractivity contribution in [1.29, 1.82) is 0 Å². The third-order valence-corrected chi connectivity index (χ3v) is 12.5. The molecule has 0 bridgehead atoms. The van der Waals surface area contributed by atoms with Crippen LogP contribution in [-0.4, -0.2) is 39.3 Å². The quantitative estimate of drug-likeness (QED) is 0.231. The van der Waals surface area contributed by atoms with Crippen LogP contribution in [-0.2, 0) is 22.4 Å². The van der Waals surface area contributed by atoms with Gasteiger partial charge in [0.25, 0.3) is 0 Å². The van der Waals surface area contributed by atoms with Gasteiger partial charge in [0.1, 0.15) is 24.5 Å². The van der Waals surface area contributed by atoms with Crippen LogP contribution >= 0.6 is 0 Å². The molecule has 1 atom stereocenters. The Morgan fingerprint density at radius 2 is 1.67 bits per heavy atom. The summed E-state index contributed by atoms with van der Waals surface area (Å²) in [6, 6.07) is 9.79. The number of nitrogens with zero attached hydrogens (tertiary/aromatic N) is 2. The lowest BCUT2D eigenvalue weighted by atomic mass is 10.2. The Labute approximate surface area is 200 Å². The molecule has 0 aliphatic rings. The Morgan fingerprint density at radius 1 is 1.03 bits per heavy atom. The fourth-order valence-electron chi connectivity index (χ4n) is 3.73. The highest BCUT2D eigenvalue weighted by Gasteiger charge is 2.33. The molecule has 1 heterocycles. The minimum atomic E-state index is -1.89. The number of halogens is 2. The van der Waals surface area contributed by atoms with Gasteiger partial charge >= 0.3 is 0 Å². The minimum absolute atomic E-state index is 0.224. The zero-order chi connectivity index (χ0) is 24.5. The maximum Gasteiger partial charge on any atom is 0.193 e. The van der Waals surface area contributed by atoms with E-state index in [1.807, 2.05) is 16.9 Å². The Morgan fingerprint density at radius 3 is 2.24 bits per heavy atom. The smallest absolute Gasteiger partial charge is 0.193 e. The summed E-state index contributed by atoms with van der Waals surface area (Å²) >= 11 is 0. The summed E-state index contributed by atoms with van der Waals surface area (Å²) in [5.41, 5.74) is 1.42. The van der Waals surface area contributed by atoms with Crippen LogP contribution in [0.3, 0.4) is 0 Å². The third-order valence-electron chi connectivity index (χ3n) is 6.12. The second-order valence-corrected chi connectivity index (χ2v) is 20.2. The van der Waals surface area contributed by atoms with Crippen LogP contribution in [0.1, 0.15) is 38.1 Å². The number of rotatable bonds is 15. The van der Waals surface area contributed by atoms with E-state index in [2.05, 4.69) is 45.7 Å². The molecular weight excluding hydrogens is 456 g/mol. The SMILES string of the molecule is CC[Si](CC)(CC)OC(CNCc1cc(F)cc(F)c1)c1ccn(COCC[Si](C)(C)C)n1. The van der Waals surface area contributed by atoms with Crippen LogP contribution in [0.15, 0.2) is 30.5 Å². The average Bonchev–Trinajstić information content (AvgIpc) is 3.22. The lowest BCUT2D eigenvalue weighted by Gasteiger charge is -2.32. The molecule has 1 aromatic heterocycles. The van der Waals surface area contributed by atoms with Gasteiger partial charge in [0, 0.05) is 40.0 Å². The van der Waals surface area contributed by atoms with Crippen molar-refractivity contribution in [3.63, 3.8) is 0 Å². The summed E-state index contributed by atoms with van der Waals surface area (Å²) in [5, 5.41) is 8.04. The second-order valence-electron chi connectivity index (χ2n) is 9.89. The summed E-state index contributed by atoms with van der Waals surface area (Å²) in [6.07, 6.45) is 1.70. The van der Waals surface area contributed by atoms with Gasteiger partial charge in [-0.2, -0.15) is 5.10 Å². The normalized spacial score (nSPS) is 13.5. The van der Waals surface area contributed by atoms with Gasteiger partial charge in [0.05, 0.1) is 5.69 Å². The number of benzene rings is 1. The Bertz CT molecular complexity index is 826. The monoisotopic (exact) mass is 497 g/mol. The molecule has 9 heteroatoms. The van der Waals surface area contributed by atoms with E-state index in [1.54, 1.807) is 0 Å². The fraction of sp³-hybridized carbons (Fsp3) is 0.625. The van der Waals surface area contributed by atoms with Crippen molar-refractivity contribution in [2.45, 2.75) is 84.0 Å². The summed E-state index contributed by atoms with van der Waals surface area (Å²) in [6.45, 7) is 15.6. The van der Waals surface area contributed by atoms with E-state index >= 15 is 0 Å². The second kappa shape index (κ2) is 12.9. The predicted octanol–water partition coefficient (Wildman–Crippen LogP) is 6.33. The van der Waals surface area contributed by atoms with Gasteiger partial charge in [-0.3, -0.25) is 0 Å². The molecule has 0 amide bonds. The van der Waals surface area contributed by atoms with Gasteiger partial charge in [0.2, 0.25) is 0 Å². The molecule has 0 saturated heterocycles. The van der Waals surface area contributed by atoms with Crippen LogP contribution in [0.5, 0.6) is 0 Å². The maximum atomic E-state index is 13.5. The summed E-state index contributed by atoms with van der Waals surface area (Å²) in [5.74, 6) is -1.14. The molecular formula is C24H41F2N3O2Si2. The number of hydrogen-bond donors (Lipinski definition) is 1. The number of nitrogens with one attached hydrogen (secondary N) is 1.